The van der Waals surface area contributed by atoms with Gasteiger partial charge in [-0.1, -0.05) is 53.7 Å². The molecule has 1 unspecified atom stereocenters. The highest BCUT2D eigenvalue weighted by Crippen LogP contribution is 2.42. The molecule has 0 bridgehead atoms. The molecule has 1 heterocycles. The largest absolute Gasteiger partial charge is 0.497 e. The molecule has 3 aromatic carbocycles. The Balaban J connectivity index is 1.73. The molecular weight excluding hydrogens is 470 g/mol. The van der Waals surface area contributed by atoms with Gasteiger partial charge in [0, 0.05) is 16.4 Å². The molecule has 0 spiro atoms. The van der Waals surface area contributed by atoms with E-state index >= 15 is 0 Å². The van der Waals surface area contributed by atoms with Gasteiger partial charge in [0.25, 0.3) is 5.91 Å². The van der Waals surface area contributed by atoms with E-state index in [0.717, 1.165) is 5.56 Å². The average Bonchev–Trinajstić information content (AvgIpc) is 3.15. The molecule has 1 fully saturated rings. The summed E-state index contributed by atoms with van der Waals surface area (Å²) in [4.78, 5) is 28.0. The van der Waals surface area contributed by atoms with Crippen LogP contribution in [0.25, 0.3) is 0 Å². The topological polar surface area (TPSA) is 82.4 Å². The third-order valence-electron chi connectivity index (χ3n) is 5.18. The minimum atomic E-state index is -0.578. The molecule has 0 aromatic heterocycles. The van der Waals surface area contributed by atoms with Gasteiger partial charge in [-0.05, 0) is 60.5 Å². The summed E-state index contributed by atoms with van der Waals surface area (Å²) in [6.45, 7) is 0. The molecule has 8 heteroatoms. The summed E-state index contributed by atoms with van der Waals surface area (Å²) in [5.41, 5.74) is 1.86. The Morgan fingerprint density at radius 3 is 2.50 bits per heavy atom. The maximum atomic E-state index is 13.5. The van der Waals surface area contributed by atoms with Crippen LogP contribution in [0.15, 0.2) is 89.5 Å². The number of nitriles is 1. The number of ether oxygens (including phenoxy) is 1. The summed E-state index contributed by atoms with van der Waals surface area (Å²) in [7, 11) is 1.56. The number of methoxy groups -OCH3 is 1. The lowest BCUT2D eigenvalue weighted by molar-refractivity contribution is -0.117. The minimum Gasteiger partial charge on any atom is -0.497 e. The molecule has 4 rings (SSSR count). The molecule has 1 atom stereocenters. The van der Waals surface area contributed by atoms with Crippen molar-refractivity contribution in [3.63, 3.8) is 0 Å². The fraction of sp³-hybridized carbons (Fsp3) is 0.115. The second-order valence-electron chi connectivity index (χ2n) is 7.42. The molecule has 0 radical (unpaired) electrons. The normalized spacial score (nSPS) is 16.7. The van der Waals surface area contributed by atoms with Crippen molar-refractivity contribution in [2.75, 3.05) is 17.3 Å². The van der Waals surface area contributed by atoms with Gasteiger partial charge in [-0.2, -0.15) is 5.26 Å². The monoisotopic (exact) mass is 489 g/mol. The number of anilines is 2. The third kappa shape index (κ3) is 5.09. The van der Waals surface area contributed by atoms with Crippen LogP contribution in [0.4, 0.5) is 11.4 Å². The second kappa shape index (κ2) is 10.5. The summed E-state index contributed by atoms with van der Waals surface area (Å²) in [6, 6.07) is 25.1. The highest BCUT2D eigenvalue weighted by molar-refractivity contribution is 8.05. The van der Waals surface area contributed by atoms with Crippen LogP contribution in [0.1, 0.15) is 5.56 Å². The van der Waals surface area contributed by atoms with E-state index in [2.05, 4.69) is 5.32 Å². The molecular formula is C26H20ClN3O3S. The highest BCUT2D eigenvalue weighted by atomic mass is 35.5. The lowest BCUT2D eigenvalue weighted by atomic mass is 10.1. The molecule has 170 valence electrons. The van der Waals surface area contributed by atoms with Crippen molar-refractivity contribution in [2.24, 2.45) is 0 Å². The van der Waals surface area contributed by atoms with Crippen LogP contribution in [0.2, 0.25) is 5.02 Å². The van der Waals surface area contributed by atoms with Crippen molar-refractivity contribution in [2.45, 2.75) is 11.7 Å². The first kappa shape index (κ1) is 23.4. The first-order valence-electron chi connectivity index (χ1n) is 10.4. The van der Waals surface area contributed by atoms with E-state index in [0.29, 0.717) is 28.6 Å². The number of thioether (sulfide) groups is 1. The van der Waals surface area contributed by atoms with Gasteiger partial charge >= 0.3 is 0 Å². The summed E-state index contributed by atoms with van der Waals surface area (Å²) < 4.78 is 5.22. The summed E-state index contributed by atoms with van der Waals surface area (Å²) in [6.07, 6.45) is 0.402. The maximum Gasteiger partial charge on any atom is 0.269 e. The maximum absolute atomic E-state index is 13.5. The number of carbonyl (C=O) groups excluding carboxylic acids is 2. The van der Waals surface area contributed by atoms with Crippen molar-refractivity contribution in [3.8, 4) is 11.8 Å². The molecule has 1 N–H and O–H groups in total. The van der Waals surface area contributed by atoms with E-state index < -0.39 is 11.2 Å². The molecule has 0 aliphatic carbocycles. The van der Waals surface area contributed by atoms with Crippen LogP contribution in [0.5, 0.6) is 5.75 Å². The Kier molecular flexibility index (Phi) is 7.21. The van der Waals surface area contributed by atoms with Crippen LogP contribution in [0, 0.1) is 11.3 Å². The van der Waals surface area contributed by atoms with Gasteiger partial charge < -0.3 is 10.1 Å². The van der Waals surface area contributed by atoms with E-state index in [1.807, 2.05) is 30.3 Å². The number of nitrogens with zero attached hydrogens (tertiary/aromatic N) is 2. The zero-order valence-electron chi connectivity index (χ0n) is 18.2. The van der Waals surface area contributed by atoms with Crippen LogP contribution in [-0.2, 0) is 16.0 Å². The van der Waals surface area contributed by atoms with E-state index in [4.69, 9.17) is 16.3 Å². The molecule has 6 nitrogen and oxygen atoms in total. The highest BCUT2D eigenvalue weighted by Gasteiger charge is 2.40. The number of benzene rings is 3. The number of carbonyl (C=O) groups is 2. The van der Waals surface area contributed by atoms with Crippen LogP contribution in [0.3, 0.4) is 0 Å². The van der Waals surface area contributed by atoms with Gasteiger partial charge in [-0.25, -0.2) is 0 Å². The van der Waals surface area contributed by atoms with Gasteiger partial charge in [-0.3, -0.25) is 14.5 Å². The summed E-state index contributed by atoms with van der Waals surface area (Å²) >= 11 is 7.32. The number of nitrogens with one attached hydrogen (secondary N) is 1. The predicted molar refractivity (Wildman–Crippen MR) is 135 cm³/mol. The van der Waals surface area contributed by atoms with Crippen molar-refractivity contribution in [1.29, 1.82) is 5.26 Å². The van der Waals surface area contributed by atoms with Gasteiger partial charge in [0.05, 0.1) is 12.4 Å². The van der Waals surface area contributed by atoms with Crippen LogP contribution >= 0.6 is 23.4 Å². The van der Waals surface area contributed by atoms with Crippen molar-refractivity contribution < 1.29 is 14.3 Å². The zero-order chi connectivity index (χ0) is 24.1. The molecule has 34 heavy (non-hydrogen) atoms. The van der Waals surface area contributed by atoms with E-state index in [-0.39, 0.29) is 16.5 Å². The number of amides is 2. The lowest BCUT2D eigenvalue weighted by Gasteiger charge is -2.19. The minimum absolute atomic E-state index is 0.133. The van der Waals surface area contributed by atoms with Crippen molar-refractivity contribution in [3.05, 3.63) is 100 Å². The zero-order valence-corrected chi connectivity index (χ0v) is 19.8. The third-order valence-corrected chi connectivity index (χ3v) is 6.68. The molecule has 1 aliphatic rings. The van der Waals surface area contributed by atoms with Crippen LogP contribution in [-0.4, -0.2) is 24.2 Å². The first-order valence-corrected chi connectivity index (χ1v) is 11.7. The number of halogens is 1. The van der Waals surface area contributed by atoms with Gasteiger partial charge in [0.2, 0.25) is 5.91 Å². The molecule has 2 amide bonds. The molecule has 1 saturated heterocycles. The van der Waals surface area contributed by atoms with Crippen molar-refractivity contribution >= 4 is 46.6 Å². The Bertz CT molecular complexity index is 1290. The van der Waals surface area contributed by atoms with Crippen molar-refractivity contribution in [1.82, 2.24) is 0 Å². The van der Waals surface area contributed by atoms with Crippen LogP contribution < -0.4 is 15.0 Å². The Morgan fingerprint density at radius 1 is 1.12 bits per heavy atom. The quantitative estimate of drug-likeness (QED) is 0.369. The van der Waals surface area contributed by atoms with E-state index in [1.165, 1.54) is 16.7 Å². The predicted octanol–water partition coefficient (Wildman–Crippen LogP) is 5.41. The summed E-state index contributed by atoms with van der Waals surface area (Å²) in [5.74, 6) is -0.164. The fourth-order valence-corrected chi connectivity index (χ4v) is 5.07. The second-order valence-corrected chi connectivity index (χ2v) is 9.05. The SMILES string of the molecule is COc1ccc(N2C(=O)C(Cc3cccc(Cl)c3)S/C2=C(/C#N)C(=O)Nc2ccccc2)cc1. The Morgan fingerprint density at radius 2 is 1.85 bits per heavy atom. The number of hydrogen-bond donors (Lipinski definition) is 1. The standard InChI is InChI=1S/C26H20ClN3O3S/c1-33-21-12-10-20(11-13-21)30-25(32)23(15-17-6-5-7-18(27)14-17)34-26(30)22(16-28)24(31)29-19-8-3-2-4-9-19/h2-14,23H,15H2,1H3,(H,29,31)/b26-22-. The molecule has 1 aliphatic heterocycles. The van der Waals surface area contributed by atoms with Gasteiger partial charge in [-0.15, -0.1) is 0 Å². The van der Waals surface area contributed by atoms with E-state index in [9.17, 15) is 14.9 Å². The van der Waals surface area contributed by atoms with Gasteiger partial charge in [0.1, 0.15) is 22.4 Å². The number of rotatable bonds is 6. The lowest BCUT2D eigenvalue weighted by Crippen LogP contribution is -2.30. The molecule has 3 aromatic rings. The van der Waals surface area contributed by atoms with E-state index in [1.54, 1.807) is 61.7 Å². The fourth-order valence-electron chi connectivity index (χ4n) is 3.55. The molecule has 0 saturated carbocycles. The number of para-hydroxylation sites is 1. The summed E-state index contributed by atoms with van der Waals surface area (Å²) in [5, 5.41) is 13.0. The number of hydrogen-bond acceptors (Lipinski definition) is 5. The first-order chi connectivity index (χ1) is 16.5. The van der Waals surface area contributed by atoms with Gasteiger partial charge in [0.15, 0.2) is 0 Å². The smallest absolute Gasteiger partial charge is 0.269 e. The Labute approximate surface area is 206 Å². The average molecular weight is 490 g/mol. The Hall–Kier alpha value is -3.73.